The van der Waals surface area contributed by atoms with Crippen molar-refractivity contribution in [3.8, 4) is 11.5 Å². The maximum atomic E-state index is 12.7. The van der Waals surface area contributed by atoms with E-state index in [9.17, 15) is 9.59 Å². The van der Waals surface area contributed by atoms with Crippen LogP contribution in [0.4, 0.5) is 5.69 Å². The summed E-state index contributed by atoms with van der Waals surface area (Å²) in [6, 6.07) is 16.2. The first-order chi connectivity index (χ1) is 15.1. The second-order valence-electron chi connectivity index (χ2n) is 6.91. The molecular formula is C23H22N2O5S. The summed E-state index contributed by atoms with van der Waals surface area (Å²) in [5.41, 5.74) is 2.09. The number of thioether (sulfide) groups is 1. The standard InChI is InChI=1S/C23H22N2O5S/c1-28-19-10-9-17(12-20(19)29-2)24-22(27)15-5-7-16(8-6-15)23-25(21(26)14-31-23)13-18-4-3-11-30-18/h3-12,23H,13-14H2,1-2H3,(H,24,27)/t23-/m0/s1. The van der Waals surface area contributed by atoms with Gasteiger partial charge < -0.3 is 24.1 Å². The Balaban J connectivity index is 1.46. The summed E-state index contributed by atoms with van der Waals surface area (Å²) in [5.74, 6) is 2.13. The molecule has 1 aliphatic rings. The Morgan fingerprint density at radius 2 is 1.90 bits per heavy atom. The third-order valence-corrected chi connectivity index (χ3v) is 6.23. The second-order valence-corrected chi connectivity index (χ2v) is 7.98. The molecule has 7 nitrogen and oxygen atoms in total. The SMILES string of the molecule is COc1ccc(NC(=O)c2ccc([C@@H]3SCC(=O)N3Cc3ccco3)cc2)cc1OC. The van der Waals surface area contributed by atoms with Crippen molar-refractivity contribution in [3.63, 3.8) is 0 Å². The van der Waals surface area contributed by atoms with Crippen LogP contribution in [0.5, 0.6) is 11.5 Å². The minimum absolute atomic E-state index is 0.0710. The van der Waals surface area contributed by atoms with Crippen molar-refractivity contribution in [2.45, 2.75) is 11.9 Å². The molecule has 1 saturated heterocycles. The average Bonchev–Trinajstić information content (AvgIpc) is 3.44. The van der Waals surface area contributed by atoms with Crippen LogP contribution < -0.4 is 14.8 Å². The van der Waals surface area contributed by atoms with Crippen molar-refractivity contribution in [2.24, 2.45) is 0 Å². The number of hydrogen-bond acceptors (Lipinski definition) is 6. The molecule has 3 aromatic rings. The number of methoxy groups -OCH3 is 2. The van der Waals surface area contributed by atoms with Crippen LogP contribution in [0.3, 0.4) is 0 Å². The number of carbonyl (C=O) groups excluding carboxylic acids is 2. The summed E-state index contributed by atoms with van der Waals surface area (Å²) in [6.45, 7) is 0.422. The van der Waals surface area contributed by atoms with Gasteiger partial charge in [0.2, 0.25) is 5.91 Å². The zero-order valence-corrected chi connectivity index (χ0v) is 18.0. The van der Waals surface area contributed by atoms with Crippen LogP contribution in [-0.2, 0) is 11.3 Å². The first kappa shape index (κ1) is 20.9. The number of ether oxygens (including phenoxy) is 2. The van der Waals surface area contributed by atoms with Crippen molar-refractivity contribution in [3.05, 3.63) is 77.7 Å². The number of nitrogens with zero attached hydrogens (tertiary/aromatic N) is 1. The number of amides is 2. The molecule has 2 aromatic carbocycles. The lowest BCUT2D eigenvalue weighted by Crippen LogP contribution is -2.27. The summed E-state index contributed by atoms with van der Waals surface area (Å²) in [4.78, 5) is 26.8. The number of rotatable bonds is 7. The molecule has 0 radical (unpaired) electrons. The predicted molar refractivity (Wildman–Crippen MR) is 118 cm³/mol. The molecule has 8 heteroatoms. The molecule has 2 amide bonds. The van der Waals surface area contributed by atoms with E-state index in [1.54, 1.807) is 67.5 Å². The molecule has 31 heavy (non-hydrogen) atoms. The van der Waals surface area contributed by atoms with Gasteiger partial charge >= 0.3 is 0 Å². The fourth-order valence-electron chi connectivity index (χ4n) is 3.39. The topological polar surface area (TPSA) is 81.0 Å². The highest BCUT2D eigenvalue weighted by Gasteiger charge is 2.33. The number of benzene rings is 2. The molecule has 0 spiro atoms. The smallest absolute Gasteiger partial charge is 0.255 e. The van der Waals surface area contributed by atoms with Crippen molar-refractivity contribution < 1.29 is 23.5 Å². The second kappa shape index (κ2) is 9.18. The van der Waals surface area contributed by atoms with Crippen LogP contribution >= 0.6 is 11.8 Å². The molecule has 1 aromatic heterocycles. The lowest BCUT2D eigenvalue weighted by Gasteiger charge is -2.23. The summed E-state index contributed by atoms with van der Waals surface area (Å²) >= 11 is 1.57. The van der Waals surface area contributed by atoms with E-state index in [1.807, 2.05) is 24.3 Å². The number of nitrogens with one attached hydrogen (secondary N) is 1. The fourth-order valence-corrected chi connectivity index (χ4v) is 4.58. The minimum Gasteiger partial charge on any atom is -0.493 e. The Hall–Kier alpha value is -3.39. The quantitative estimate of drug-likeness (QED) is 0.592. The van der Waals surface area contributed by atoms with Crippen LogP contribution in [0.2, 0.25) is 0 Å². The maximum Gasteiger partial charge on any atom is 0.255 e. The lowest BCUT2D eigenvalue weighted by atomic mass is 10.1. The molecule has 1 fully saturated rings. The van der Waals surface area contributed by atoms with Crippen LogP contribution in [-0.4, -0.2) is 36.7 Å². The van der Waals surface area contributed by atoms with E-state index >= 15 is 0 Å². The van der Waals surface area contributed by atoms with Crippen molar-refractivity contribution in [1.82, 2.24) is 4.90 Å². The van der Waals surface area contributed by atoms with Gasteiger partial charge in [-0.25, -0.2) is 0 Å². The zero-order chi connectivity index (χ0) is 21.8. The largest absolute Gasteiger partial charge is 0.493 e. The monoisotopic (exact) mass is 438 g/mol. The van der Waals surface area contributed by atoms with Gasteiger partial charge in [-0.15, -0.1) is 11.8 Å². The predicted octanol–water partition coefficient (Wildman–Crippen LogP) is 4.32. The van der Waals surface area contributed by atoms with E-state index in [4.69, 9.17) is 13.9 Å². The minimum atomic E-state index is -0.235. The molecule has 1 atom stereocenters. The Bertz CT molecular complexity index is 1070. The molecule has 0 saturated carbocycles. The number of hydrogen-bond donors (Lipinski definition) is 1. The summed E-state index contributed by atoms with van der Waals surface area (Å²) in [7, 11) is 3.10. The Morgan fingerprint density at radius 3 is 2.58 bits per heavy atom. The molecule has 4 rings (SSSR count). The van der Waals surface area contributed by atoms with Crippen LogP contribution in [0.25, 0.3) is 0 Å². The van der Waals surface area contributed by atoms with Gasteiger partial charge in [-0.3, -0.25) is 9.59 Å². The van der Waals surface area contributed by atoms with Gasteiger partial charge in [0, 0.05) is 17.3 Å². The van der Waals surface area contributed by atoms with Crippen molar-refractivity contribution >= 4 is 29.3 Å². The van der Waals surface area contributed by atoms with Gasteiger partial charge in [-0.2, -0.15) is 0 Å². The van der Waals surface area contributed by atoms with Gasteiger partial charge in [0.1, 0.15) is 11.1 Å². The van der Waals surface area contributed by atoms with E-state index in [2.05, 4.69) is 5.32 Å². The summed E-state index contributed by atoms with van der Waals surface area (Å²) < 4.78 is 15.9. The van der Waals surface area contributed by atoms with Crippen molar-refractivity contribution in [2.75, 3.05) is 25.3 Å². The highest BCUT2D eigenvalue weighted by molar-refractivity contribution is 8.00. The Labute approximate surface area is 184 Å². The first-order valence-corrected chi connectivity index (χ1v) is 10.7. The molecule has 0 aliphatic carbocycles. The number of furan rings is 1. The highest BCUT2D eigenvalue weighted by atomic mass is 32.2. The van der Waals surface area contributed by atoms with E-state index in [0.717, 1.165) is 11.3 Å². The van der Waals surface area contributed by atoms with Gasteiger partial charge in [-0.1, -0.05) is 12.1 Å². The molecule has 0 unspecified atom stereocenters. The van der Waals surface area contributed by atoms with E-state index in [0.29, 0.717) is 35.0 Å². The van der Waals surface area contributed by atoms with Crippen LogP contribution in [0, 0.1) is 0 Å². The highest BCUT2D eigenvalue weighted by Crippen LogP contribution is 2.39. The lowest BCUT2D eigenvalue weighted by molar-refractivity contribution is -0.128. The van der Waals surface area contributed by atoms with Gasteiger partial charge in [0.25, 0.3) is 5.91 Å². The molecule has 2 heterocycles. The summed E-state index contributed by atoms with van der Waals surface area (Å²) in [6.07, 6.45) is 1.60. The van der Waals surface area contributed by atoms with E-state index in [-0.39, 0.29) is 17.2 Å². The van der Waals surface area contributed by atoms with Crippen LogP contribution in [0.15, 0.2) is 65.3 Å². The van der Waals surface area contributed by atoms with E-state index in [1.165, 1.54) is 0 Å². The Kier molecular flexibility index (Phi) is 6.18. The number of carbonyl (C=O) groups is 2. The fraction of sp³-hybridized carbons (Fsp3) is 0.217. The van der Waals surface area contributed by atoms with Crippen molar-refractivity contribution in [1.29, 1.82) is 0 Å². The number of anilines is 1. The third-order valence-electron chi connectivity index (χ3n) is 4.97. The maximum absolute atomic E-state index is 12.7. The molecule has 0 bridgehead atoms. The Morgan fingerprint density at radius 1 is 1.13 bits per heavy atom. The molecule has 1 N–H and O–H groups in total. The van der Waals surface area contributed by atoms with Gasteiger partial charge in [0.15, 0.2) is 11.5 Å². The average molecular weight is 439 g/mol. The molecule has 160 valence electrons. The normalized spacial score (nSPS) is 15.7. The molecular weight excluding hydrogens is 416 g/mol. The third kappa shape index (κ3) is 4.54. The van der Waals surface area contributed by atoms with Gasteiger partial charge in [0.05, 0.1) is 32.8 Å². The van der Waals surface area contributed by atoms with Gasteiger partial charge in [-0.05, 0) is 42.0 Å². The molecule has 1 aliphatic heterocycles. The first-order valence-electron chi connectivity index (χ1n) is 9.66. The zero-order valence-electron chi connectivity index (χ0n) is 17.2. The van der Waals surface area contributed by atoms with E-state index < -0.39 is 0 Å². The van der Waals surface area contributed by atoms with Crippen LogP contribution in [0.1, 0.15) is 27.1 Å². The summed E-state index contributed by atoms with van der Waals surface area (Å²) in [5, 5.41) is 2.75.